The number of benzene rings is 1. The van der Waals surface area contributed by atoms with Gasteiger partial charge in [-0.2, -0.15) is 5.10 Å². The van der Waals surface area contributed by atoms with Crippen LogP contribution >= 0.6 is 0 Å². The molecule has 1 saturated heterocycles. The number of fused-ring (bicyclic) bond motifs is 1. The zero-order valence-corrected chi connectivity index (χ0v) is 17.0. The first-order chi connectivity index (χ1) is 13.3. The highest BCUT2D eigenvalue weighted by Crippen LogP contribution is 2.25. The summed E-state index contributed by atoms with van der Waals surface area (Å²) in [5, 5.41) is 8.22. The molecule has 3 rings (SSSR count). The number of ether oxygens (including phenoxy) is 2. The largest absolute Gasteiger partial charge is 0.467 e. The molecule has 28 heavy (non-hydrogen) atoms. The molecular weight excluding hydrogens is 358 g/mol. The van der Waals surface area contributed by atoms with E-state index < -0.39 is 17.4 Å². The van der Waals surface area contributed by atoms with Gasteiger partial charge in [0.15, 0.2) is 5.69 Å². The summed E-state index contributed by atoms with van der Waals surface area (Å²) in [6.45, 7) is 7.94. The van der Waals surface area contributed by atoms with E-state index in [0.29, 0.717) is 11.6 Å². The standard InChI is InChI=1S/C21H29N3O4/c1-21(2,3)18(20(26)27-4)22-19(25)17-15-7-5-6-8-16(15)24(23-17)13-14-9-11-28-12-10-14/h5-8,14,18H,9-13H2,1-4H3,(H,22,25)/t18-/m1/s1. The Hall–Kier alpha value is -2.41. The number of para-hydroxylation sites is 1. The van der Waals surface area contributed by atoms with Crippen molar-refractivity contribution in [1.82, 2.24) is 15.1 Å². The van der Waals surface area contributed by atoms with Crippen LogP contribution in [0.15, 0.2) is 24.3 Å². The Balaban J connectivity index is 1.89. The lowest BCUT2D eigenvalue weighted by atomic mass is 9.86. The van der Waals surface area contributed by atoms with Crippen LogP contribution in [0.4, 0.5) is 0 Å². The van der Waals surface area contributed by atoms with Crippen molar-refractivity contribution in [3.05, 3.63) is 30.0 Å². The number of methoxy groups -OCH3 is 1. The van der Waals surface area contributed by atoms with E-state index >= 15 is 0 Å². The minimum atomic E-state index is -0.760. The molecule has 1 fully saturated rings. The highest BCUT2D eigenvalue weighted by molar-refractivity contribution is 6.06. The molecule has 2 heterocycles. The van der Waals surface area contributed by atoms with Gasteiger partial charge in [-0.3, -0.25) is 9.48 Å². The van der Waals surface area contributed by atoms with Crippen LogP contribution in [0.5, 0.6) is 0 Å². The number of carbonyl (C=O) groups excluding carboxylic acids is 2. The highest BCUT2D eigenvalue weighted by Gasteiger charge is 2.35. The maximum atomic E-state index is 13.0. The van der Waals surface area contributed by atoms with E-state index in [-0.39, 0.29) is 5.91 Å². The SMILES string of the molecule is COC(=O)[C@@H](NC(=O)c1nn(CC2CCOCC2)c2ccccc12)C(C)(C)C. The number of carbonyl (C=O) groups is 2. The lowest BCUT2D eigenvalue weighted by molar-refractivity contribution is -0.145. The normalized spacial score (nSPS) is 16.7. The molecule has 1 aromatic carbocycles. The summed E-state index contributed by atoms with van der Waals surface area (Å²) in [6.07, 6.45) is 1.98. The Morgan fingerprint density at radius 2 is 1.96 bits per heavy atom. The van der Waals surface area contributed by atoms with Gasteiger partial charge in [-0.15, -0.1) is 0 Å². The molecule has 152 valence electrons. The lowest BCUT2D eigenvalue weighted by Gasteiger charge is -2.28. The number of aromatic nitrogens is 2. The van der Waals surface area contributed by atoms with Crippen LogP contribution in [-0.2, 0) is 20.8 Å². The van der Waals surface area contributed by atoms with E-state index in [2.05, 4.69) is 10.4 Å². The number of nitrogens with one attached hydrogen (secondary N) is 1. The van der Waals surface area contributed by atoms with Crippen LogP contribution in [0.3, 0.4) is 0 Å². The third-order valence-corrected chi connectivity index (χ3v) is 5.22. The van der Waals surface area contributed by atoms with E-state index in [1.54, 1.807) is 0 Å². The maximum absolute atomic E-state index is 13.0. The first-order valence-electron chi connectivity index (χ1n) is 9.73. The monoisotopic (exact) mass is 387 g/mol. The molecule has 0 bridgehead atoms. The van der Waals surface area contributed by atoms with Gasteiger partial charge in [-0.05, 0) is 30.2 Å². The van der Waals surface area contributed by atoms with Gasteiger partial charge in [0.1, 0.15) is 6.04 Å². The molecule has 0 aliphatic carbocycles. The Labute approximate surface area is 165 Å². The summed E-state index contributed by atoms with van der Waals surface area (Å²) in [5.74, 6) is -0.357. The van der Waals surface area contributed by atoms with Crippen molar-refractivity contribution in [2.75, 3.05) is 20.3 Å². The lowest BCUT2D eigenvalue weighted by Crippen LogP contribution is -2.49. The molecule has 0 unspecified atom stereocenters. The zero-order chi connectivity index (χ0) is 20.3. The molecule has 0 radical (unpaired) electrons. The second kappa shape index (κ2) is 8.31. The van der Waals surface area contributed by atoms with Crippen LogP contribution in [0.2, 0.25) is 0 Å². The predicted octanol–water partition coefficient (Wildman–Crippen LogP) is 2.78. The van der Waals surface area contributed by atoms with Gasteiger partial charge < -0.3 is 14.8 Å². The van der Waals surface area contributed by atoms with Crippen molar-refractivity contribution < 1.29 is 19.1 Å². The molecule has 1 atom stereocenters. The smallest absolute Gasteiger partial charge is 0.328 e. The summed E-state index contributed by atoms with van der Waals surface area (Å²) in [6, 6.07) is 6.94. The number of amides is 1. The third-order valence-electron chi connectivity index (χ3n) is 5.22. The molecule has 1 aromatic heterocycles. The Morgan fingerprint density at radius 3 is 2.61 bits per heavy atom. The van der Waals surface area contributed by atoms with Crippen molar-refractivity contribution in [3.63, 3.8) is 0 Å². The van der Waals surface area contributed by atoms with Crippen molar-refractivity contribution in [2.45, 2.75) is 46.2 Å². The summed E-state index contributed by atoms with van der Waals surface area (Å²) in [4.78, 5) is 25.2. The minimum absolute atomic E-state index is 0.334. The molecule has 0 saturated carbocycles. The second-order valence-electron chi connectivity index (χ2n) is 8.40. The van der Waals surface area contributed by atoms with Gasteiger partial charge in [0.05, 0.1) is 12.6 Å². The molecule has 1 amide bonds. The number of hydrogen-bond donors (Lipinski definition) is 1. The fraction of sp³-hybridized carbons (Fsp3) is 0.571. The Bertz CT molecular complexity index is 847. The van der Waals surface area contributed by atoms with E-state index in [1.807, 2.05) is 49.7 Å². The van der Waals surface area contributed by atoms with Crippen LogP contribution in [0.1, 0.15) is 44.1 Å². The molecule has 0 spiro atoms. The summed E-state index contributed by atoms with van der Waals surface area (Å²) < 4.78 is 12.2. The van der Waals surface area contributed by atoms with Crippen LogP contribution in [-0.4, -0.2) is 48.0 Å². The molecular formula is C21H29N3O4. The first kappa shape index (κ1) is 20.3. The average molecular weight is 387 g/mol. The predicted molar refractivity (Wildman–Crippen MR) is 106 cm³/mol. The van der Waals surface area contributed by atoms with Gasteiger partial charge in [0, 0.05) is 25.1 Å². The minimum Gasteiger partial charge on any atom is -0.467 e. The van der Waals surface area contributed by atoms with Crippen molar-refractivity contribution in [3.8, 4) is 0 Å². The number of esters is 1. The van der Waals surface area contributed by atoms with Gasteiger partial charge in [0.2, 0.25) is 0 Å². The van der Waals surface area contributed by atoms with Gasteiger partial charge >= 0.3 is 5.97 Å². The fourth-order valence-corrected chi connectivity index (χ4v) is 3.55. The number of hydrogen-bond acceptors (Lipinski definition) is 5. The maximum Gasteiger partial charge on any atom is 0.328 e. The van der Waals surface area contributed by atoms with Crippen molar-refractivity contribution >= 4 is 22.8 Å². The van der Waals surface area contributed by atoms with Gasteiger partial charge in [-0.25, -0.2) is 4.79 Å². The third kappa shape index (κ3) is 4.35. The van der Waals surface area contributed by atoms with Crippen LogP contribution in [0, 0.1) is 11.3 Å². The number of rotatable bonds is 5. The summed E-state index contributed by atoms with van der Waals surface area (Å²) in [7, 11) is 1.32. The Kier molecular flexibility index (Phi) is 6.03. The fourth-order valence-electron chi connectivity index (χ4n) is 3.55. The second-order valence-corrected chi connectivity index (χ2v) is 8.40. The summed E-state index contributed by atoms with van der Waals surface area (Å²) >= 11 is 0. The van der Waals surface area contributed by atoms with E-state index in [1.165, 1.54) is 7.11 Å². The first-order valence-corrected chi connectivity index (χ1v) is 9.73. The zero-order valence-electron chi connectivity index (χ0n) is 17.0. The summed E-state index contributed by atoms with van der Waals surface area (Å²) in [5.41, 5.74) is 0.772. The average Bonchev–Trinajstić information content (AvgIpc) is 3.04. The molecule has 2 aromatic rings. The number of nitrogens with zero attached hydrogens (tertiary/aromatic N) is 2. The van der Waals surface area contributed by atoms with Crippen molar-refractivity contribution in [2.24, 2.45) is 11.3 Å². The molecule has 1 aliphatic heterocycles. The quantitative estimate of drug-likeness (QED) is 0.798. The van der Waals surface area contributed by atoms with E-state index in [4.69, 9.17) is 9.47 Å². The topological polar surface area (TPSA) is 82.5 Å². The Morgan fingerprint density at radius 1 is 1.29 bits per heavy atom. The van der Waals surface area contributed by atoms with E-state index in [0.717, 1.165) is 43.5 Å². The van der Waals surface area contributed by atoms with Gasteiger partial charge in [-0.1, -0.05) is 39.0 Å². The van der Waals surface area contributed by atoms with Gasteiger partial charge in [0.25, 0.3) is 5.91 Å². The van der Waals surface area contributed by atoms with Crippen LogP contribution in [0.25, 0.3) is 10.9 Å². The molecule has 7 nitrogen and oxygen atoms in total. The molecule has 1 aliphatic rings. The van der Waals surface area contributed by atoms with E-state index in [9.17, 15) is 9.59 Å². The van der Waals surface area contributed by atoms with Crippen LogP contribution < -0.4 is 5.32 Å². The molecule has 7 heteroatoms. The highest BCUT2D eigenvalue weighted by atomic mass is 16.5. The van der Waals surface area contributed by atoms with Crippen molar-refractivity contribution in [1.29, 1.82) is 0 Å². The molecule has 1 N–H and O–H groups in total.